The maximum atomic E-state index is 13.1. The van der Waals surface area contributed by atoms with E-state index < -0.39 is 0 Å². The minimum Gasteiger partial charge on any atom is -0.396 e. The number of rotatable bonds is 3. The van der Waals surface area contributed by atoms with Gasteiger partial charge in [0.1, 0.15) is 5.82 Å². The highest BCUT2D eigenvalue weighted by Crippen LogP contribution is 2.20. The molecule has 3 heteroatoms. The zero-order valence-corrected chi connectivity index (χ0v) is 7.76. The van der Waals surface area contributed by atoms with Gasteiger partial charge in [-0.3, -0.25) is 0 Å². The average Bonchev–Trinajstić information content (AvgIpc) is 2.10. The second-order valence-corrected chi connectivity index (χ2v) is 2.96. The third kappa shape index (κ3) is 2.83. The van der Waals surface area contributed by atoms with Gasteiger partial charge in [-0.15, -0.1) is 0 Å². The lowest BCUT2D eigenvalue weighted by atomic mass is 10.2. The molecule has 0 saturated carbocycles. The van der Waals surface area contributed by atoms with Gasteiger partial charge >= 0.3 is 0 Å². The Hall–Kier alpha value is -0.860. The van der Waals surface area contributed by atoms with Gasteiger partial charge in [0.25, 0.3) is 0 Å². The maximum Gasteiger partial charge on any atom is 0.131 e. The molecular weight excluding hydrogens is 191 g/mol. The molecule has 0 aliphatic carbocycles. The van der Waals surface area contributed by atoms with Crippen LogP contribution in [0.4, 0.5) is 4.39 Å². The normalized spacial score (nSPS) is 11.0. The number of hydrogen-bond donors (Lipinski definition) is 1. The van der Waals surface area contributed by atoms with Crippen LogP contribution in [0.25, 0.3) is 6.08 Å². The van der Waals surface area contributed by atoms with Crippen molar-refractivity contribution in [3.8, 4) is 0 Å². The molecule has 0 spiro atoms. The smallest absolute Gasteiger partial charge is 0.131 e. The topological polar surface area (TPSA) is 20.2 Å². The molecule has 0 atom stereocenters. The Morgan fingerprint density at radius 1 is 1.46 bits per heavy atom. The van der Waals surface area contributed by atoms with Crippen LogP contribution in [0.5, 0.6) is 0 Å². The largest absolute Gasteiger partial charge is 0.396 e. The maximum absolute atomic E-state index is 13.1. The van der Waals surface area contributed by atoms with Crippen molar-refractivity contribution in [3.63, 3.8) is 0 Å². The lowest BCUT2D eigenvalue weighted by molar-refractivity contribution is 0.303. The van der Waals surface area contributed by atoms with Crippen molar-refractivity contribution < 1.29 is 9.50 Å². The minimum absolute atomic E-state index is 0.0581. The Labute approximate surface area is 81.5 Å². The molecule has 0 fully saturated rings. The summed E-state index contributed by atoms with van der Waals surface area (Å²) in [6.45, 7) is 0.0581. The van der Waals surface area contributed by atoms with Gasteiger partial charge in [0, 0.05) is 12.2 Å². The van der Waals surface area contributed by atoms with E-state index in [1.807, 2.05) is 0 Å². The van der Waals surface area contributed by atoms with Crippen molar-refractivity contribution in [2.75, 3.05) is 6.61 Å². The molecule has 1 rings (SSSR count). The quantitative estimate of drug-likeness (QED) is 0.796. The Bertz CT molecular complexity index is 290. The van der Waals surface area contributed by atoms with Crippen LogP contribution in [0, 0.1) is 5.82 Å². The van der Waals surface area contributed by atoms with Gasteiger partial charge in [-0.25, -0.2) is 4.39 Å². The molecule has 70 valence electrons. The van der Waals surface area contributed by atoms with E-state index in [-0.39, 0.29) is 12.4 Å². The Morgan fingerprint density at radius 2 is 2.23 bits per heavy atom. The molecule has 1 nitrogen and oxygen atoms in total. The van der Waals surface area contributed by atoms with Crippen LogP contribution < -0.4 is 0 Å². The SMILES string of the molecule is OCCC=Cc1c(F)cccc1Cl. The van der Waals surface area contributed by atoms with Gasteiger partial charge in [-0.1, -0.05) is 29.8 Å². The lowest BCUT2D eigenvalue weighted by Gasteiger charge is -1.98. The van der Waals surface area contributed by atoms with Gasteiger partial charge in [0.15, 0.2) is 0 Å². The first-order valence-corrected chi connectivity index (χ1v) is 4.35. The van der Waals surface area contributed by atoms with Crippen molar-refractivity contribution in [2.24, 2.45) is 0 Å². The summed E-state index contributed by atoms with van der Waals surface area (Å²) in [7, 11) is 0. The lowest BCUT2D eigenvalue weighted by Crippen LogP contribution is -1.83. The van der Waals surface area contributed by atoms with Gasteiger partial charge in [-0.2, -0.15) is 0 Å². The molecule has 0 aromatic heterocycles. The van der Waals surface area contributed by atoms with Crippen LogP contribution in [-0.4, -0.2) is 11.7 Å². The van der Waals surface area contributed by atoms with Gasteiger partial charge < -0.3 is 5.11 Å². The fourth-order valence-corrected chi connectivity index (χ4v) is 1.17. The number of halogens is 2. The molecule has 1 aromatic carbocycles. The summed E-state index contributed by atoms with van der Waals surface area (Å²) in [5.41, 5.74) is 0.373. The average molecular weight is 201 g/mol. The van der Waals surface area contributed by atoms with E-state index in [0.717, 1.165) is 0 Å². The molecule has 1 N–H and O–H groups in total. The van der Waals surface area contributed by atoms with Crippen LogP contribution in [0.2, 0.25) is 5.02 Å². The van der Waals surface area contributed by atoms with Crippen molar-refractivity contribution in [3.05, 3.63) is 40.7 Å². The fourth-order valence-electron chi connectivity index (χ4n) is 0.946. The predicted molar refractivity (Wildman–Crippen MR) is 52.1 cm³/mol. The first-order chi connectivity index (χ1) is 6.25. The molecule has 1 aromatic rings. The van der Waals surface area contributed by atoms with Crippen molar-refractivity contribution in [1.29, 1.82) is 0 Å². The van der Waals surface area contributed by atoms with Crippen molar-refractivity contribution in [1.82, 2.24) is 0 Å². The van der Waals surface area contributed by atoms with Gasteiger partial charge in [-0.05, 0) is 18.6 Å². The molecule has 0 aliphatic heterocycles. The van der Waals surface area contributed by atoms with E-state index in [4.69, 9.17) is 16.7 Å². The van der Waals surface area contributed by atoms with Crippen LogP contribution >= 0.6 is 11.6 Å². The summed E-state index contributed by atoms with van der Waals surface area (Å²) >= 11 is 5.75. The third-order valence-corrected chi connectivity index (χ3v) is 1.91. The molecule has 0 aliphatic rings. The van der Waals surface area contributed by atoms with Crippen molar-refractivity contribution >= 4 is 17.7 Å². The zero-order valence-electron chi connectivity index (χ0n) is 7.00. The summed E-state index contributed by atoms with van der Waals surface area (Å²) in [6, 6.07) is 4.54. The van der Waals surface area contributed by atoms with Crippen molar-refractivity contribution in [2.45, 2.75) is 6.42 Å². The molecule has 0 radical (unpaired) electrons. The van der Waals surface area contributed by atoms with Crippen LogP contribution in [-0.2, 0) is 0 Å². The first kappa shape index (κ1) is 10.2. The Kier molecular flexibility index (Phi) is 3.93. The molecule has 0 saturated heterocycles. The number of benzene rings is 1. The van der Waals surface area contributed by atoms with Gasteiger partial charge in [0.2, 0.25) is 0 Å². The van der Waals surface area contributed by atoms with Gasteiger partial charge in [0.05, 0.1) is 5.02 Å². The summed E-state index contributed by atoms with van der Waals surface area (Å²) in [6.07, 6.45) is 3.77. The molecular formula is C10H10ClFO. The number of aliphatic hydroxyl groups excluding tert-OH is 1. The van der Waals surface area contributed by atoms with E-state index in [1.54, 1.807) is 24.3 Å². The number of hydrogen-bond acceptors (Lipinski definition) is 1. The molecule has 0 amide bonds. The summed E-state index contributed by atoms with van der Waals surface area (Å²) in [5.74, 6) is -0.346. The predicted octanol–water partition coefficient (Wildman–Crippen LogP) is 2.87. The van der Waals surface area contributed by atoms with Crippen LogP contribution in [0.3, 0.4) is 0 Å². The number of aliphatic hydroxyl groups is 1. The molecule has 13 heavy (non-hydrogen) atoms. The molecule has 0 bridgehead atoms. The summed E-state index contributed by atoms with van der Waals surface area (Å²) in [4.78, 5) is 0. The Morgan fingerprint density at radius 3 is 2.85 bits per heavy atom. The Balaban J connectivity index is 2.87. The van der Waals surface area contributed by atoms with E-state index >= 15 is 0 Å². The first-order valence-electron chi connectivity index (χ1n) is 3.97. The van der Waals surface area contributed by atoms with E-state index in [9.17, 15) is 4.39 Å². The third-order valence-electron chi connectivity index (χ3n) is 1.58. The standard InChI is InChI=1S/C10H10ClFO/c11-9-5-3-6-10(12)8(9)4-1-2-7-13/h1,3-6,13H,2,7H2. The van der Waals surface area contributed by atoms with E-state index in [2.05, 4.69) is 0 Å². The second-order valence-electron chi connectivity index (χ2n) is 2.55. The second kappa shape index (κ2) is 5.00. The highest BCUT2D eigenvalue weighted by Gasteiger charge is 2.01. The summed E-state index contributed by atoms with van der Waals surface area (Å²) < 4.78 is 13.1. The fraction of sp³-hybridized carbons (Fsp3) is 0.200. The molecule has 0 unspecified atom stereocenters. The monoisotopic (exact) mass is 200 g/mol. The van der Waals surface area contributed by atoms with Crippen LogP contribution in [0.15, 0.2) is 24.3 Å². The zero-order chi connectivity index (χ0) is 9.68. The highest BCUT2D eigenvalue weighted by molar-refractivity contribution is 6.32. The van der Waals surface area contributed by atoms with Crippen LogP contribution in [0.1, 0.15) is 12.0 Å². The highest BCUT2D eigenvalue weighted by atomic mass is 35.5. The molecule has 0 heterocycles. The van der Waals surface area contributed by atoms with E-state index in [0.29, 0.717) is 17.0 Å². The summed E-state index contributed by atoms with van der Waals surface area (Å²) in [5, 5.41) is 8.89. The minimum atomic E-state index is -0.346. The van der Waals surface area contributed by atoms with E-state index in [1.165, 1.54) is 6.07 Å².